The monoisotopic (exact) mass is 414 g/mol. The number of sulfonamides is 1. The predicted molar refractivity (Wildman–Crippen MR) is 106 cm³/mol. The number of amides is 1. The third-order valence-corrected chi connectivity index (χ3v) is 7.07. The van der Waals surface area contributed by atoms with Crippen molar-refractivity contribution >= 4 is 27.0 Å². The second kappa shape index (κ2) is 8.30. The van der Waals surface area contributed by atoms with Gasteiger partial charge in [-0.15, -0.1) is 0 Å². The highest BCUT2D eigenvalue weighted by molar-refractivity contribution is 7.89. The second-order valence-corrected chi connectivity index (χ2v) is 9.02. The van der Waals surface area contributed by atoms with Gasteiger partial charge in [-0.2, -0.15) is 4.31 Å². The van der Waals surface area contributed by atoms with Crippen LogP contribution in [0.25, 0.3) is 11.0 Å². The summed E-state index contributed by atoms with van der Waals surface area (Å²) in [5.41, 5.74) is 1.75. The maximum Gasteiger partial charge on any atom is 0.245 e. The van der Waals surface area contributed by atoms with Gasteiger partial charge in [0.2, 0.25) is 15.9 Å². The topological polar surface area (TPSA) is 105 Å². The van der Waals surface area contributed by atoms with Crippen LogP contribution in [-0.2, 0) is 21.2 Å². The number of hydrogen-bond donors (Lipinski definition) is 1. The summed E-state index contributed by atoms with van der Waals surface area (Å²) >= 11 is 0. The van der Waals surface area contributed by atoms with Crippen molar-refractivity contribution in [3.63, 3.8) is 0 Å². The standard InChI is InChI=1S/C20H22N4O4S/c25-20(21-12-11-15-6-2-1-3-7-15)16-8-5-13-24(14-16)29(26,27)18-10-4-9-17-19(18)23-28-22-17/h1-4,6-7,9-10,16H,5,8,11-14H2,(H,21,25)/t16-/m0/s1. The summed E-state index contributed by atoms with van der Waals surface area (Å²) in [5.74, 6) is -0.480. The average molecular weight is 414 g/mol. The Morgan fingerprint density at radius 2 is 1.97 bits per heavy atom. The molecule has 0 spiro atoms. The second-order valence-electron chi connectivity index (χ2n) is 7.12. The van der Waals surface area contributed by atoms with Crippen molar-refractivity contribution in [3.05, 3.63) is 54.1 Å². The summed E-state index contributed by atoms with van der Waals surface area (Å²) in [4.78, 5) is 12.7. The normalized spacial score (nSPS) is 18.0. The molecule has 0 bridgehead atoms. The molecule has 4 rings (SSSR count). The minimum absolute atomic E-state index is 0.0568. The number of carbonyl (C=O) groups is 1. The van der Waals surface area contributed by atoms with E-state index in [1.54, 1.807) is 12.1 Å². The third-order valence-electron chi connectivity index (χ3n) is 5.18. The van der Waals surface area contributed by atoms with Crippen LogP contribution < -0.4 is 5.32 Å². The molecule has 152 valence electrons. The lowest BCUT2D eigenvalue weighted by Crippen LogP contribution is -2.45. The van der Waals surface area contributed by atoms with E-state index in [-0.39, 0.29) is 28.8 Å². The number of hydrogen-bond acceptors (Lipinski definition) is 6. The van der Waals surface area contributed by atoms with Gasteiger partial charge in [0.05, 0.1) is 5.92 Å². The number of aromatic nitrogens is 2. The van der Waals surface area contributed by atoms with Gasteiger partial charge in [0.25, 0.3) is 0 Å². The number of fused-ring (bicyclic) bond motifs is 1. The molecule has 2 heterocycles. The van der Waals surface area contributed by atoms with Crippen LogP contribution in [-0.4, -0.2) is 48.6 Å². The Labute approximate surface area is 168 Å². The molecule has 1 fully saturated rings. The van der Waals surface area contributed by atoms with Gasteiger partial charge in [0, 0.05) is 19.6 Å². The fourth-order valence-corrected chi connectivity index (χ4v) is 5.28. The highest BCUT2D eigenvalue weighted by atomic mass is 32.2. The van der Waals surface area contributed by atoms with Gasteiger partial charge < -0.3 is 5.32 Å². The summed E-state index contributed by atoms with van der Waals surface area (Å²) in [5, 5.41) is 10.4. The van der Waals surface area contributed by atoms with E-state index in [4.69, 9.17) is 0 Å². The van der Waals surface area contributed by atoms with Crippen LogP contribution in [0.4, 0.5) is 0 Å². The van der Waals surface area contributed by atoms with E-state index in [0.29, 0.717) is 31.4 Å². The van der Waals surface area contributed by atoms with Crippen LogP contribution in [0.3, 0.4) is 0 Å². The Bertz CT molecular complexity index is 1100. The van der Waals surface area contributed by atoms with Crippen molar-refractivity contribution in [2.24, 2.45) is 5.92 Å². The minimum atomic E-state index is -3.80. The Balaban J connectivity index is 1.42. The van der Waals surface area contributed by atoms with Crippen LogP contribution in [0.15, 0.2) is 58.1 Å². The molecule has 9 heteroatoms. The molecule has 1 aromatic heterocycles. The van der Waals surface area contributed by atoms with E-state index in [2.05, 4.69) is 20.3 Å². The largest absolute Gasteiger partial charge is 0.355 e. The van der Waals surface area contributed by atoms with Crippen molar-refractivity contribution in [2.45, 2.75) is 24.2 Å². The number of nitrogens with zero attached hydrogens (tertiary/aromatic N) is 3. The first-order chi connectivity index (χ1) is 14.1. The van der Waals surface area contributed by atoms with Crippen LogP contribution in [0.2, 0.25) is 0 Å². The van der Waals surface area contributed by atoms with Crippen molar-refractivity contribution in [1.82, 2.24) is 19.9 Å². The van der Waals surface area contributed by atoms with Crippen molar-refractivity contribution in [2.75, 3.05) is 19.6 Å². The van der Waals surface area contributed by atoms with E-state index in [0.717, 1.165) is 12.0 Å². The fourth-order valence-electron chi connectivity index (χ4n) is 3.62. The number of carbonyl (C=O) groups excluding carboxylic acids is 1. The third kappa shape index (κ3) is 4.15. The highest BCUT2D eigenvalue weighted by Gasteiger charge is 2.34. The summed E-state index contributed by atoms with van der Waals surface area (Å²) in [6, 6.07) is 14.7. The molecule has 2 aromatic carbocycles. The van der Waals surface area contributed by atoms with Gasteiger partial charge in [0.1, 0.15) is 10.4 Å². The number of nitrogens with one attached hydrogen (secondary N) is 1. The number of rotatable bonds is 6. The van der Waals surface area contributed by atoms with E-state index < -0.39 is 10.0 Å². The summed E-state index contributed by atoms with van der Waals surface area (Å²) in [6.07, 6.45) is 2.03. The van der Waals surface area contributed by atoms with Crippen LogP contribution >= 0.6 is 0 Å². The van der Waals surface area contributed by atoms with Crippen molar-refractivity contribution in [1.29, 1.82) is 0 Å². The molecule has 29 heavy (non-hydrogen) atoms. The minimum Gasteiger partial charge on any atom is -0.355 e. The summed E-state index contributed by atoms with van der Waals surface area (Å²) < 4.78 is 32.3. The molecular formula is C20H22N4O4S. The maximum absolute atomic E-state index is 13.2. The molecular weight excluding hydrogens is 392 g/mol. The molecule has 0 aliphatic carbocycles. The Hall–Kier alpha value is -2.78. The van der Waals surface area contributed by atoms with E-state index in [1.165, 1.54) is 10.4 Å². The lowest BCUT2D eigenvalue weighted by Gasteiger charge is -2.31. The van der Waals surface area contributed by atoms with Gasteiger partial charge in [-0.05, 0) is 47.3 Å². The van der Waals surface area contributed by atoms with E-state index in [9.17, 15) is 13.2 Å². The molecule has 1 saturated heterocycles. The lowest BCUT2D eigenvalue weighted by atomic mass is 9.99. The molecule has 1 amide bonds. The smallest absolute Gasteiger partial charge is 0.245 e. The fraction of sp³-hybridized carbons (Fsp3) is 0.350. The molecule has 1 aliphatic heterocycles. The quantitative estimate of drug-likeness (QED) is 0.661. The van der Waals surface area contributed by atoms with Crippen LogP contribution in [0.5, 0.6) is 0 Å². The SMILES string of the molecule is O=C(NCCc1ccccc1)[C@H]1CCCN(S(=O)(=O)c2cccc3nonc23)C1. The van der Waals surface area contributed by atoms with Gasteiger partial charge in [-0.1, -0.05) is 36.4 Å². The molecule has 1 aliphatic rings. The molecule has 8 nitrogen and oxygen atoms in total. The summed E-state index contributed by atoms with van der Waals surface area (Å²) in [7, 11) is -3.80. The average Bonchev–Trinajstić information content (AvgIpc) is 3.23. The molecule has 0 radical (unpaired) electrons. The Morgan fingerprint density at radius 3 is 2.79 bits per heavy atom. The van der Waals surface area contributed by atoms with Crippen LogP contribution in [0, 0.1) is 5.92 Å². The molecule has 1 atom stereocenters. The Kier molecular flexibility index (Phi) is 5.59. The summed E-state index contributed by atoms with van der Waals surface area (Å²) in [6.45, 7) is 1.05. The Morgan fingerprint density at radius 1 is 1.14 bits per heavy atom. The number of benzene rings is 2. The van der Waals surface area contributed by atoms with Crippen LogP contribution in [0.1, 0.15) is 18.4 Å². The van der Waals surface area contributed by atoms with E-state index >= 15 is 0 Å². The van der Waals surface area contributed by atoms with Gasteiger partial charge in [-0.25, -0.2) is 13.0 Å². The predicted octanol–water partition coefficient (Wildman–Crippen LogP) is 1.98. The molecule has 0 unspecified atom stereocenters. The first-order valence-electron chi connectivity index (χ1n) is 9.59. The number of piperidine rings is 1. The van der Waals surface area contributed by atoms with Crippen molar-refractivity contribution < 1.29 is 17.8 Å². The van der Waals surface area contributed by atoms with E-state index in [1.807, 2.05) is 30.3 Å². The zero-order valence-corrected chi connectivity index (χ0v) is 16.6. The molecule has 1 N–H and O–H groups in total. The lowest BCUT2D eigenvalue weighted by molar-refractivity contribution is -0.126. The zero-order chi connectivity index (χ0) is 20.3. The molecule has 0 saturated carbocycles. The zero-order valence-electron chi connectivity index (χ0n) is 15.8. The maximum atomic E-state index is 13.2. The van der Waals surface area contributed by atoms with Crippen molar-refractivity contribution in [3.8, 4) is 0 Å². The highest BCUT2D eigenvalue weighted by Crippen LogP contribution is 2.27. The molecule has 3 aromatic rings. The van der Waals surface area contributed by atoms with Gasteiger partial charge in [0.15, 0.2) is 5.52 Å². The first kappa shape index (κ1) is 19.5. The van der Waals surface area contributed by atoms with Gasteiger partial charge >= 0.3 is 0 Å². The first-order valence-corrected chi connectivity index (χ1v) is 11.0. The van der Waals surface area contributed by atoms with Gasteiger partial charge in [-0.3, -0.25) is 4.79 Å².